The number of para-hydroxylation sites is 2. The van der Waals surface area contributed by atoms with Crippen molar-refractivity contribution in [3.05, 3.63) is 59.7 Å². The Bertz CT molecular complexity index is 1050. The fraction of sp³-hybridized carbons (Fsp3) is 0.417. The molecule has 6 heteroatoms. The quantitative estimate of drug-likeness (QED) is 0.675. The number of nitrogens with one attached hydrogen (secondary N) is 1. The molecule has 1 amide bonds. The molecule has 0 spiro atoms. The van der Waals surface area contributed by atoms with Gasteiger partial charge in [-0.1, -0.05) is 36.4 Å². The number of benzene rings is 2. The summed E-state index contributed by atoms with van der Waals surface area (Å²) in [4.78, 5) is 19.0. The van der Waals surface area contributed by atoms with Gasteiger partial charge in [0.05, 0.1) is 17.6 Å². The smallest absolute Gasteiger partial charge is 0.410 e. The first-order chi connectivity index (χ1) is 14.3. The van der Waals surface area contributed by atoms with Crippen LogP contribution in [0.15, 0.2) is 48.5 Å². The summed E-state index contributed by atoms with van der Waals surface area (Å²) >= 11 is 0. The van der Waals surface area contributed by atoms with E-state index in [1.165, 1.54) is 11.1 Å². The maximum atomic E-state index is 12.4. The third kappa shape index (κ3) is 4.42. The summed E-state index contributed by atoms with van der Waals surface area (Å²) < 4.78 is 7.75. The van der Waals surface area contributed by atoms with Crippen LogP contribution in [0.1, 0.15) is 38.3 Å². The van der Waals surface area contributed by atoms with Gasteiger partial charge in [-0.05, 0) is 57.4 Å². The summed E-state index contributed by atoms with van der Waals surface area (Å²) in [5.74, 6) is 0.843. The Morgan fingerprint density at radius 2 is 1.90 bits per heavy atom. The van der Waals surface area contributed by atoms with Gasteiger partial charge >= 0.3 is 6.09 Å². The van der Waals surface area contributed by atoms with Crippen LogP contribution in [0, 0.1) is 6.92 Å². The molecule has 1 saturated heterocycles. The summed E-state index contributed by atoms with van der Waals surface area (Å²) in [6.07, 6.45) is 0.618. The van der Waals surface area contributed by atoms with Gasteiger partial charge in [-0.3, -0.25) is 0 Å². The Kier molecular flexibility index (Phi) is 5.41. The van der Waals surface area contributed by atoms with Gasteiger partial charge in [-0.25, -0.2) is 9.78 Å². The van der Waals surface area contributed by atoms with E-state index in [-0.39, 0.29) is 12.1 Å². The predicted octanol–water partition coefficient (Wildman–Crippen LogP) is 4.81. The molecule has 1 aliphatic rings. The Morgan fingerprint density at radius 3 is 2.67 bits per heavy atom. The van der Waals surface area contributed by atoms with Gasteiger partial charge in [0.15, 0.2) is 0 Å². The van der Waals surface area contributed by atoms with Gasteiger partial charge in [-0.2, -0.15) is 0 Å². The molecule has 2 heterocycles. The number of likely N-dealkylation sites (tertiary alicyclic amines) is 1. The van der Waals surface area contributed by atoms with Crippen LogP contribution in [-0.4, -0.2) is 45.3 Å². The zero-order valence-electron chi connectivity index (χ0n) is 18.2. The fourth-order valence-electron chi connectivity index (χ4n) is 3.86. The molecule has 0 bridgehead atoms. The van der Waals surface area contributed by atoms with Gasteiger partial charge in [0.2, 0.25) is 5.95 Å². The largest absolute Gasteiger partial charge is 0.444 e. The average Bonchev–Trinajstić information content (AvgIpc) is 3.28. The number of amides is 1. The van der Waals surface area contributed by atoms with E-state index in [9.17, 15) is 4.79 Å². The van der Waals surface area contributed by atoms with E-state index in [0.717, 1.165) is 29.9 Å². The van der Waals surface area contributed by atoms with E-state index in [4.69, 9.17) is 9.72 Å². The summed E-state index contributed by atoms with van der Waals surface area (Å²) in [5, 5.41) is 3.59. The summed E-state index contributed by atoms with van der Waals surface area (Å²) in [6, 6.07) is 16.8. The number of anilines is 1. The molecule has 0 aliphatic carbocycles. The van der Waals surface area contributed by atoms with Crippen LogP contribution in [0.5, 0.6) is 0 Å². The van der Waals surface area contributed by atoms with E-state index < -0.39 is 5.60 Å². The van der Waals surface area contributed by atoms with Crippen LogP contribution in [0.4, 0.5) is 10.7 Å². The second kappa shape index (κ2) is 8.01. The first-order valence-corrected chi connectivity index (χ1v) is 10.5. The van der Waals surface area contributed by atoms with Crippen LogP contribution in [0.3, 0.4) is 0 Å². The maximum absolute atomic E-state index is 12.4. The number of hydrogen-bond donors (Lipinski definition) is 1. The van der Waals surface area contributed by atoms with Crippen molar-refractivity contribution in [1.29, 1.82) is 0 Å². The van der Waals surface area contributed by atoms with Crippen LogP contribution >= 0.6 is 0 Å². The highest BCUT2D eigenvalue weighted by Gasteiger charge is 2.30. The zero-order chi connectivity index (χ0) is 21.3. The van der Waals surface area contributed by atoms with Crippen molar-refractivity contribution in [2.75, 3.05) is 18.4 Å². The van der Waals surface area contributed by atoms with Crippen molar-refractivity contribution in [3.63, 3.8) is 0 Å². The molecular weight excluding hydrogens is 376 g/mol. The maximum Gasteiger partial charge on any atom is 0.410 e. The molecule has 1 aliphatic heterocycles. The highest BCUT2D eigenvalue weighted by atomic mass is 16.6. The molecule has 1 fully saturated rings. The number of carbonyl (C=O) groups excluding carboxylic acids is 1. The Hall–Kier alpha value is -3.02. The highest BCUT2D eigenvalue weighted by Crippen LogP contribution is 2.25. The second-order valence-electron chi connectivity index (χ2n) is 8.99. The van der Waals surface area contributed by atoms with E-state index in [1.54, 1.807) is 4.90 Å². The minimum absolute atomic E-state index is 0.143. The monoisotopic (exact) mass is 406 g/mol. The molecule has 1 atom stereocenters. The van der Waals surface area contributed by atoms with Crippen molar-refractivity contribution in [3.8, 4) is 0 Å². The number of nitrogens with zero attached hydrogens (tertiary/aromatic N) is 3. The molecule has 158 valence electrons. The van der Waals surface area contributed by atoms with Crippen molar-refractivity contribution in [2.45, 2.75) is 52.3 Å². The van der Waals surface area contributed by atoms with Crippen molar-refractivity contribution >= 4 is 23.1 Å². The molecule has 30 heavy (non-hydrogen) atoms. The lowest BCUT2D eigenvalue weighted by Crippen LogP contribution is -2.36. The molecule has 6 nitrogen and oxygen atoms in total. The first kappa shape index (κ1) is 20.3. The zero-order valence-corrected chi connectivity index (χ0v) is 18.2. The van der Waals surface area contributed by atoms with E-state index >= 15 is 0 Å². The summed E-state index contributed by atoms with van der Waals surface area (Å²) in [6.45, 7) is 9.86. The van der Waals surface area contributed by atoms with Gasteiger partial charge < -0.3 is 19.5 Å². The van der Waals surface area contributed by atoms with Crippen molar-refractivity contribution in [1.82, 2.24) is 14.5 Å². The lowest BCUT2D eigenvalue weighted by atomic mass is 10.1. The lowest BCUT2D eigenvalue weighted by molar-refractivity contribution is 0.0293. The third-order valence-electron chi connectivity index (χ3n) is 5.42. The van der Waals surface area contributed by atoms with Crippen LogP contribution in [-0.2, 0) is 11.3 Å². The number of rotatable bonds is 4. The SMILES string of the molecule is Cc1ccccc1Cn1c(N[C@@H]2CCN(C(=O)OC(C)(C)C)C2)nc2ccccc21. The Balaban J connectivity index is 1.55. The predicted molar refractivity (Wildman–Crippen MR) is 120 cm³/mol. The van der Waals surface area contributed by atoms with Gasteiger partial charge in [0, 0.05) is 19.1 Å². The van der Waals surface area contributed by atoms with E-state index in [1.807, 2.05) is 39.0 Å². The lowest BCUT2D eigenvalue weighted by Gasteiger charge is -2.24. The number of aryl methyl sites for hydroxylation is 1. The number of fused-ring (bicyclic) bond motifs is 1. The standard InChI is InChI=1S/C24H30N4O2/c1-17-9-5-6-10-18(17)15-28-21-12-8-7-11-20(21)26-22(28)25-19-13-14-27(16-19)23(29)30-24(2,3)4/h5-12,19H,13-16H2,1-4H3,(H,25,26)/t19-/m1/s1. The highest BCUT2D eigenvalue weighted by molar-refractivity contribution is 5.79. The number of hydrogen-bond acceptors (Lipinski definition) is 4. The fourth-order valence-corrected chi connectivity index (χ4v) is 3.86. The van der Waals surface area contributed by atoms with Crippen molar-refractivity contribution in [2.24, 2.45) is 0 Å². The molecule has 4 rings (SSSR count). The minimum atomic E-state index is -0.482. The molecular formula is C24H30N4O2. The molecule has 0 unspecified atom stereocenters. The molecule has 0 radical (unpaired) electrons. The topological polar surface area (TPSA) is 59.4 Å². The Morgan fingerprint density at radius 1 is 1.17 bits per heavy atom. The molecule has 3 aromatic rings. The molecule has 2 aromatic carbocycles. The summed E-state index contributed by atoms with van der Waals surface area (Å²) in [7, 11) is 0. The van der Waals surface area contributed by atoms with Gasteiger partial charge in [0.1, 0.15) is 5.60 Å². The number of carbonyl (C=O) groups is 1. The normalized spacial score (nSPS) is 16.8. The van der Waals surface area contributed by atoms with Gasteiger partial charge in [-0.15, -0.1) is 0 Å². The van der Waals surface area contributed by atoms with E-state index in [0.29, 0.717) is 13.1 Å². The summed E-state index contributed by atoms with van der Waals surface area (Å²) in [5.41, 5.74) is 4.12. The van der Waals surface area contributed by atoms with Crippen LogP contribution in [0.2, 0.25) is 0 Å². The van der Waals surface area contributed by atoms with Gasteiger partial charge in [0.25, 0.3) is 0 Å². The Labute approximate surface area is 177 Å². The average molecular weight is 407 g/mol. The first-order valence-electron chi connectivity index (χ1n) is 10.5. The third-order valence-corrected chi connectivity index (χ3v) is 5.42. The number of imidazole rings is 1. The molecule has 1 N–H and O–H groups in total. The van der Waals surface area contributed by atoms with Crippen LogP contribution < -0.4 is 5.32 Å². The number of ether oxygens (including phenoxy) is 1. The second-order valence-corrected chi connectivity index (χ2v) is 8.99. The molecule has 1 aromatic heterocycles. The van der Waals surface area contributed by atoms with Crippen LogP contribution in [0.25, 0.3) is 11.0 Å². The van der Waals surface area contributed by atoms with Crippen molar-refractivity contribution < 1.29 is 9.53 Å². The minimum Gasteiger partial charge on any atom is -0.444 e. The number of aromatic nitrogens is 2. The van der Waals surface area contributed by atoms with E-state index in [2.05, 4.69) is 47.1 Å². The molecule has 0 saturated carbocycles.